The van der Waals surface area contributed by atoms with Gasteiger partial charge in [-0.1, -0.05) is 19.6 Å². The first-order chi connectivity index (χ1) is 5.79. The summed E-state index contributed by atoms with van der Waals surface area (Å²) in [6.45, 7) is 6.34. The molecule has 0 N–H and O–H groups in total. The highest BCUT2D eigenvalue weighted by Crippen LogP contribution is 2.24. The zero-order chi connectivity index (χ0) is 10.6. The molecule has 0 aromatic heterocycles. The molecule has 0 aliphatic rings. The van der Waals surface area contributed by atoms with Crippen LogP contribution >= 0.6 is 0 Å². The second-order valence-electron chi connectivity index (χ2n) is 4.54. The van der Waals surface area contributed by atoms with Crippen molar-refractivity contribution in [3.05, 3.63) is 0 Å². The van der Waals surface area contributed by atoms with Gasteiger partial charge in [0.1, 0.15) is 0 Å². The molecule has 1 unspecified atom stereocenters. The molecule has 0 saturated heterocycles. The number of hydrogen-bond acceptors (Lipinski definition) is 2. The fraction of sp³-hybridized carbons (Fsp3) is 0.778. The van der Waals surface area contributed by atoms with E-state index in [1.807, 2.05) is 0 Å². The van der Waals surface area contributed by atoms with Crippen LogP contribution in [-0.2, 0) is 4.79 Å². The fourth-order valence-corrected chi connectivity index (χ4v) is 2.08. The number of amides is 1. The first kappa shape index (κ1) is 12.2. The summed E-state index contributed by atoms with van der Waals surface area (Å²) in [5, 5.41) is 8.91. The summed E-state index contributed by atoms with van der Waals surface area (Å²) in [7, 11) is 1.94. The number of nitriles is 1. The lowest BCUT2D eigenvalue weighted by Gasteiger charge is -2.23. The van der Waals surface area contributed by atoms with Gasteiger partial charge >= 0.3 is 0 Å². The number of carbonyl (C=O) groups excluding carboxylic acids is 1. The van der Waals surface area contributed by atoms with Crippen molar-refractivity contribution in [2.24, 2.45) is 0 Å². The Morgan fingerprint density at radius 1 is 1.46 bits per heavy atom. The molecule has 0 radical (unpaired) electrons. The minimum atomic E-state index is -1.50. The van der Waals surface area contributed by atoms with E-state index in [2.05, 4.69) is 25.7 Å². The quantitative estimate of drug-likeness (QED) is 0.648. The van der Waals surface area contributed by atoms with Crippen LogP contribution in [0.3, 0.4) is 0 Å². The average molecular weight is 198 g/mol. The lowest BCUT2D eigenvalue weighted by Crippen LogP contribution is -2.32. The van der Waals surface area contributed by atoms with Crippen LogP contribution in [0.1, 0.15) is 6.42 Å². The SMILES string of the molecule is CN(C)C(=O)CC(C#N)[Si](C)(C)C. The molecule has 4 heteroatoms. The van der Waals surface area contributed by atoms with E-state index in [1.54, 1.807) is 19.0 Å². The molecule has 0 heterocycles. The van der Waals surface area contributed by atoms with Gasteiger partial charge in [-0.05, 0) is 0 Å². The Morgan fingerprint density at radius 3 is 2.15 bits per heavy atom. The Balaban J connectivity index is 4.34. The smallest absolute Gasteiger partial charge is 0.223 e. The van der Waals surface area contributed by atoms with Crippen LogP contribution in [0.2, 0.25) is 25.2 Å². The van der Waals surface area contributed by atoms with Crippen molar-refractivity contribution in [3.8, 4) is 6.07 Å². The van der Waals surface area contributed by atoms with Crippen LogP contribution in [-0.4, -0.2) is 33.0 Å². The van der Waals surface area contributed by atoms with E-state index in [1.165, 1.54) is 0 Å². The van der Waals surface area contributed by atoms with E-state index in [-0.39, 0.29) is 11.4 Å². The van der Waals surface area contributed by atoms with Gasteiger partial charge in [0.25, 0.3) is 0 Å². The molecule has 0 spiro atoms. The Bertz CT molecular complexity index is 225. The third kappa shape index (κ3) is 4.09. The normalized spacial score (nSPS) is 13.2. The highest BCUT2D eigenvalue weighted by atomic mass is 28.3. The van der Waals surface area contributed by atoms with Crippen LogP contribution in [0.5, 0.6) is 0 Å². The lowest BCUT2D eigenvalue weighted by molar-refractivity contribution is -0.128. The Hall–Kier alpha value is -0.823. The monoisotopic (exact) mass is 198 g/mol. The van der Waals surface area contributed by atoms with Gasteiger partial charge in [-0.15, -0.1) is 0 Å². The summed E-state index contributed by atoms with van der Waals surface area (Å²) in [6.07, 6.45) is 0.374. The van der Waals surface area contributed by atoms with E-state index in [9.17, 15) is 4.79 Å². The standard InChI is InChI=1S/C9H18N2OSi/c1-11(2)9(12)6-8(7-10)13(3,4)5/h8H,6H2,1-5H3. The molecule has 1 atom stereocenters. The zero-order valence-corrected chi connectivity index (χ0v) is 10.1. The van der Waals surface area contributed by atoms with Crippen LogP contribution in [0.4, 0.5) is 0 Å². The van der Waals surface area contributed by atoms with Crippen molar-refractivity contribution in [1.29, 1.82) is 5.26 Å². The molecule has 13 heavy (non-hydrogen) atoms. The summed E-state index contributed by atoms with van der Waals surface area (Å²) < 4.78 is 0. The molecular weight excluding hydrogens is 180 g/mol. The van der Waals surface area contributed by atoms with E-state index >= 15 is 0 Å². The second kappa shape index (κ2) is 4.42. The Morgan fingerprint density at radius 2 is 1.92 bits per heavy atom. The summed E-state index contributed by atoms with van der Waals surface area (Å²) in [4.78, 5) is 12.9. The fourth-order valence-electron chi connectivity index (χ4n) is 0.903. The summed E-state index contributed by atoms with van der Waals surface area (Å²) in [5.74, 6) is 0.0500. The molecule has 0 aliphatic carbocycles. The van der Waals surface area contributed by atoms with Crippen LogP contribution < -0.4 is 0 Å². The van der Waals surface area contributed by atoms with Gasteiger partial charge in [0.15, 0.2) is 0 Å². The maximum atomic E-state index is 11.4. The van der Waals surface area contributed by atoms with E-state index < -0.39 is 8.07 Å². The Kier molecular flexibility index (Phi) is 4.14. The van der Waals surface area contributed by atoms with Crippen molar-refractivity contribution >= 4 is 14.0 Å². The molecule has 0 fully saturated rings. The lowest BCUT2D eigenvalue weighted by atomic mass is 10.3. The van der Waals surface area contributed by atoms with Crippen molar-refractivity contribution in [2.45, 2.75) is 31.6 Å². The van der Waals surface area contributed by atoms with E-state index in [0.717, 1.165) is 0 Å². The molecule has 0 aromatic rings. The van der Waals surface area contributed by atoms with Crippen molar-refractivity contribution < 1.29 is 4.79 Å². The number of rotatable bonds is 3. The van der Waals surface area contributed by atoms with Crippen molar-refractivity contribution in [3.63, 3.8) is 0 Å². The zero-order valence-electron chi connectivity index (χ0n) is 9.09. The predicted octanol–water partition coefficient (Wildman–Crippen LogP) is 1.70. The first-order valence-corrected chi connectivity index (χ1v) is 7.96. The maximum absolute atomic E-state index is 11.4. The van der Waals surface area contributed by atoms with Crippen LogP contribution in [0, 0.1) is 11.3 Å². The van der Waals surface area contributed by atoms with Gasteiger partial charge in [0, 0.05) is 26.1 Å². The predicted molar refractivity (Wildman–Crippen MR) is 56.0 cm³/mol. The summed E-state index contributed by atoms with van der Waals surface area (Å²) in [6, 6.07) is 2.24. The maximum Gasteiger partial charge on any atom is 0.223 e. The molecule has 0 rings (SSSR count). The number of carbonyl (C=O) groups is 1. The number of hydrogen-bond donors (Lipinski definition) is 0. The third-order valence-electron chi connectivity index (χ3n) is 2.08. The van der Waals surface area contributed by atoms with Crippen LogP contribution in [0.25, 0.3) is 0 Å². The topological polar surface area (TPSA) is 44.1 Å². The first-order valence-electron chi connectivity index (χ1n) is 4.38. The van der Waals surface area contributed by atoms with Gasteiger partial charge in [-0.25, -0.2) is 0 Å². The number of nitrogens with zero attached hydrogens (tertiary/aromatic N) is 2. The van der Waals surface area contributed by atoms with E-state index in [0.29, 0.717) is 6.42 Å². The van der Waals surface area contributed by atoms with Gasteiger partial charge in [0.05, 0.1) is 14.1 Å². The summed E-state index contributed by atoms with van der Waals surface area (Å²) in [5.41, 5.74) is -0.0672. The van der Waals surface area contributed by atoms with Gasteiger partial charge in [-0.3, -0.25) is 4.79 Å². The molecule has 0 bridgehead atoms. The molecular formula is C9H18N2OSi. The second-order valence-corrected chi connectivity index (χ2v) is 9.97. The Labute approximate surface area is 81.4 Å². The van der Waals surface area contributed by atoms with Crippen molar-refractivity contribution in [1.82, 2.24) is 4.90 Å². The largest absolute Gasteiger partial charge is 0.349 e. The molecule has 3 nitrogen and oxygen atoms in total. The van der Waals surface area contributed by atoms with Gasteiger partial charge in [-0.2, -0.15) is 5.26 Å². The molecule has 0 aliphatic heterocycles. The van der Waals surface area contributed by atoms with Gasteiger partial charge in [0.2, 0.25) is 5.91 Å². The average Bonchev–Trinajstić information content (AvgIpc) is 1.96. The minimum Gasteiger partial charge on any atom is -0.349 e. The highest BCUT2D eigenvalue weighted by molar-refractivity contribution is 6.78. The van der Waals surface area contributed by atoms with E-state index in [4.69, 9.17) is 5.26 Å². The third-order valence-corrected chi connectivity index (χ3v) is 4.50. The van der Waals surface area contributed by atoms with Gasteiger partial charge < -0.3 is 4.90 Å². The minimum absolute atomic E-state index is 0.0500. The molecule has 0 saturated carbocycles. The molecule has 1 amide bonds. The van der Waals surface area contributed by atoms with Crippen LogP contribution in [0.15, 0.2) is 0 Å². The molecule has 74 valence electrons. The molecule has 0 aromatic carbocycles. The highest BCUT2D eigenvalue weighted by Gasteiger charge is 2.29. The summed E-state index contributed by atoms with van der Waals surface area (Å²) >= 11 is 0. The van der Waals surface area contributed by atoms with Crippen molar-refractivity contribution in [2.75, 3.05) is 14.1 Å².